The minimum Gasteiger partial charge on any atom is -0.341 e. The van der Waals surface area contributed by atoms with Crippen LogP contribution in [0.25, 0.3) is 0 Å². The van der Waals surface area contributed by atoms with Crippen LogP contribution in [0.5, 0.6) is 0 Å². The summed E-state index contributed by atoms with van der Waals surface area (Å²) in [4.78, 5) is 15.7. The van der Waals surface area contributed by atoms with Crippen molar-refractivity contribution in [3.63, 3.8) is 0 Å². The summed E-state index contributed by atoms with van der Waals surface area (Å²) in [6.45, 7) is 5.43. The molecule has 1 aliphatic heterocycles. The van der Waals surface area contributed by atoms with Crippen LogP contribution >= 0.6 is 0 Å². The Morgan fingerprint density at radius 1 is 1.40 bits per heavy atom. The van der Waals surface area contributed by atoms with E-state index >= 15 is 0 Å². The molecule has 15 heavy (non-hydrogen) atoms. The lowest BCUT2D eigenvalue weighted by molar-refractivity contribution is -0.135. The topological polar surface area (TPSA) is 47.3 Å². The Hall–Kier alpha value is -1.08. The van der Waals surface area contributed by atoms with E-state index in [1.165, 1.54) is 0 Å². The normalized spacial score (nSPS) is 20.1. The maximum absolute atomic E-state index is 12.0. The quantitative estimate of drug-likeness (QED) is 0.692. The Labute approximate surface area is 91.5 Å². The van der Waals surface area contributed by atoms with E-state index in [0.717, 1.165) is 25.9 Å². The number of rotatable bonds is 3. The smallest absolute Gasteiger partial charge is 0.239 e. The fourth-order valence-corrected chi connectivity index (χ4v) is 1.80. The van der Waals surface area contributed by atoms with E-state index in [2.05, 4.69) is 6.07 Å². The van der Waals surface area contributed by atoms with Crippen LogP contribution in [0.3, 0.4) is 0 Å². The maximum atomic E-state index is 12.0. The first-order chi connectivity index (χ1) is 7.07. The zero-order valence-corrected chi connectivity index (χ0v) is 9.73. The van der Waals surface area contributed by atoms with E-state index in [0.29, 0.717) is 0 Å². The van der Waals surface area contributed by atoms with Gasteiger partial charge in [0, 0.05) is 13.1 Å². The van der Waals surface area contributed by atoms with Crippen LogP contribution in [0.15, 0.2) is 0 Å². The average Bonchev–Trinajstić information content (AvgIpc) is 2.78. The highest BCUT2D eigenvalue weighted by Crippen LogP contribution is 2.12. The first kappa shape index (κ1) is 12.0. The zero-order valence-electron chi connectivity index (χ0n) is 9.73. The molecule has 0 aromatic heterocycles. The van der Waals surface area contributed by atoms with Crippen molar-refractivity contribution in [2.24, 2.45) is 0 Å². The van der Waals surface area contributed by atoms with Crippen molar-refractivity contribution in [3.8, 4) is 6.07 Å². The second-order valence-corrected chi connectivity index (χ2v) is 4.18. The predicted octanol–water partition coefficient (Wildman–Crippen LogP) is 0.841. The molecule has 0 radical (unpaired) electrons. The second-order valence-electron chi connectivity index (χ2n) is 4.18. The zero-order chi connectivity index (χ0) is 11.4. The number of hydrogen-bond donors (Lipinski definition) is 0. The van der Waals surface area contributed by atoms with Gasteiger partial charge < -0.3 is 4.90 Å². The van der Waals surface area contributed by atoms with Gasteiger partial charge in [0.05, 0.1) is 18.2 Å². The Bertz CT molecular complexity index is 265. The molecule has 1 heterocycles. The number of likely N-dealkylation sites (tertiary alicyclic amines) is 1. The minimum absolute atomic E-state index is 0.150. The van der Waals surface area contributed by atoms with Crippen molar-refractivity contribution in [2.75, 3.05) is 20.1 Å². The monoisotopic (exact) mass is 209 g/mol. The van der Waals surface area contributed by atoms with E-state index in [4.69, 9.17) is 5.26 Å². The molecular formula is C11H19N3O. The fourth-order valence-electron chi connectivity index (χ4n) is 1.80. The standard InChI is InChI=1S/C11H19N3O/c1-9(8-12)13(3)10(2)11(15)14-6-4-5-7-14/h9-10H,4-7H2,1-3H3. The van der Waals surface area contributed by atoms with Gasteiger partial charge in [0.15, 0.2) is 0 Å². The lowest BCUT2D eigenvalue weighted by Crippen LogP contribution is -2.47. The van der Waals surface area contributed by atoms with Crippen molar-refractivity contribution in [1.29, 1.82) is 5.26 Å². The molecule has 2 unspecified atom stereocenters. The van der Waals surface area contributed by atoms with Gasteiger partial charge in [0.1, 0.15) is 0 Å². The highest BCUT2D eigenvalue weighted by Gasteiger charge is 2.27. The molecule has 0 N–H and O–H groups in total. The summed E-state index contributed by atoms with van der Waals surface area (Å²) in [6, 6.07) is 1.73. The van der Waals surface area contributed by atoms with Gasteiger partial charge in [-0.2, -0.15) is 5.26 Å². The van der Waals surface area contributed by atoms with Crippen LogP contribution in [0.4, 0.5) is 0 Å². The molecule has 1 saturated heterocycles. The van der Waals surface area contributed by atoms with Crippen LogP contribution in [-0.2, 0) is 4.79 Å². The molecule has 1 aliphatic rings. The lowest BCUT2D eigenvalue weighted by atomic mass is 10.2. The van der Waals surface area contributed by atoms with Gasteiger partial charge >= 0.3 is 0 Å². The fraction of sp³-hybridized carbons (Fsp3) is 0.818. The van der Waals surface area contributed by atoms with E-state index in [1.54, 1.807) is 0 Å². The number of nitrogens with zero attached hydrogens (tertiary/aromatic N) is 3. The Morgan fingerprint density at radius 3 is 2.40 bits per heavy atom. The van der Waals surface area contributed by atoms with Gasteiger partial charge in [-0.05, 0) is 33.7 Å². The summed E-state index contributed by atoms with van der Waals surface area (Å²) in [6.07, 6.45) is 2.21. The SMILES string of the molecule is CC(C#N)N(C)C(C)C(=O)N1CCCC1. The first-order valence-electron chi connectivity index (χ1n) is 5.48. The van der Waals surface area contributed by atoms with Crippen molar-refractivity contribution >= 4 is 5.91 Å². The van der Waals surface area contributed by atoms with Crippen molar-refractivity contribution < 1.29 is 4.79 Å². The molecular weight excluding hydrogens is 190 g/mol. The number of nitriles is 1. The number of carbonyl (C=O) groups excluding carboxylic acids is 1. The molecule has 4 heteroatoms. The second kappa shape index (κ2) is 5.13. The van der Waals surface area contributed by atoms with Gasteiger partial charge in [-0.1, -0.05) is 0 Å². The summed E-state index contributed by atoms with van der Waals surface area (Å²) < 4.78 is 0. The highest BCUT2D eigenvalue weighted by molar-refractivity contribution is 5.81. The molecule has 84 valence electrons. The van der Waals surface area contributed by atoms with Crippen LogP contribution in [-0.4, -0.2) is 47.9 Å². The molecule has 1 fully saturated rings. The summed E-state index contributed by atoms with van der Waals surface area (Å²) >= 11 is 0. The van der Waals surface area contributed by atoms with Gasteiger partial charge in [0.25, 0.3) is 0 Å². The third-order valence-electron chi connectivity index (χ3n) is 3.18. The van der Waals surface area contributed by atoms with Gasteiger partial charge in [-0.3, -0.25) is 9.69 Å². The van der Waals surface area contributed by atoms with Gasteiger partial charge in [-0.15, -0.1) is 0 Å². The average molecular weight is 209 g/mol. The molecule has 0 spiro atoms. The molecule has 1 amide bonds. The minimum atomic E-state index is -0.216. The van der Waals surface area contributed by atoms with E-state index in [1.807, 2.05) is 30.7 Å². The van der Waals surface area contributed by atoms with Crippen LogP contribution in [0.2, 0.25) is 0 Å². The van der Waals surface area contributed by atoms with Crippen molar-refractivity contribution in [1.82, 2.24) is 9.80 Å². The molecule has 0 bridgehead atoms. The van der Waals surface area contributed by atoms with Crippen molar-refractivity contribution in [2.45, 2.75) is 38.8 Å². The summed E-state index contributed by atoms with van der Waals surface area (Å²) in [5.74, 6) is 0.150. The van der Waals surface area contributed by atoms with Crippen LogP contribution < -0.4 is 0 Å². The molecule has 0 aromatic carbocycles. The van der Waals surface area contributed by atoms with Crippen LogP contribution in [0, 0.1) is 11.3 Å². The summed E-state index contributed by atoms with van der Waals surface area (Å²) in [5, 5.41) is 8.78. The Morgan fingerprint density at radius 2 is 1.93 bits per heavy atom. The lowest BCUT2D eigenvalue weighted by Gasteiger charge is -2.29. The third-order valence-corrected chi connectivity index (χ3v) is 3.18. The molecule has 0 aromatic rings. The van der Waals surface area contributed by atoms with Crippen LogP contribution in [0.1, 0.15) is 26.7 Å². The maximum Gasteiger partial charge on any atom is 0.239 e. The highest BCUT2D eigenvalue weighted by atomic mass is 16.2. The van der Waals surface area contributed by atoms with E-state index in [-0.39, 0.29) is 18.0 Å². The third kappa shape index (κ3) is 2.69. The number of likely N-dealkylation sites (N-methyl/N-ethyl adjacent to an activating group) is 1. The molecule has 2 atom stereocenters. The number of hydrogen-bond acceptors (Lipinski definition) is 3. The molecule has 0 aliphatic carbocycles. The summed E-state index contributed by atoms with van der Waals surface area (Å²) in [5.41, 5.74) is 0. The largest absolute Gasteiger partial charge is 0.341 e. The van der Waals surface area contributed by atoms with E-state index < -0.39 is 0 Å². The molecule has 0 saturated carbocycles. The van der Waals surface area contributed by atoms with E-state index in [9.17, 15) is 4.79 Å². The van der Waals surface area contributed by atoms with Gasteiger partial charge in [-0.25, -0.2) is 0 Å². The number of carbonyl (C=O) groups is 1. The number of amides is 1. The Balaban J connectivity index is 2.55. The molecule has 4 nitrogen and oxygen atoms in total. The predicted molar refractivity (Wildman–Crippen MR) is 58.1 cm³/mol. The Kier molecular flexibility index (Phi) is 4.10. The summed E-state index contributed by atoms with van der Waals surface area (Å²) in [7, 11) is 1.83. The first-order valence-corrected chi connectivity index (χ1v) is 5.48. The van der Waals surface area contributed by atoms with Gasteiger partial charge in [0.2, 0.25) is 5.91 Å². The molecule has 1 rings (SSSR count). The van der Waals surface area contributed by atoms with Crippen molar-refractivity contribution in [3.05, 3.63) is 0 Å².